The first-order valence-corrected chi connectivity index (χ1v) is 4.87. The van der Waals surface area contributed by atoms with Gasteiger partial charge in [-0.1, -0.05) is 0 Å². The van der Waals surface area contributed by atoms with Crippen LogP contribution in [0.3, 0.4) is 0 Å². The Balaban J connectivity index is 2.51. The van der Waals surface area contributed by atoms with Crippen LogP contribution in [0.15, 0.2) is 0 Å². The van der Waals surface area contributed by atoms with Gasteiger partial charge in [0.1, 0.15) is 6.17 Å². The van der Waals surface area contributed by atoms with E-state index in [4.69, 9.17) is 4.74 Å². The average molecular weight is 189 g/mol. The van der Waals surface area contributed by atoms with Crippen LogP contribution in [0.5, 0.6) is 0 Å². The minimum Gasteiger partial charge on any atom is -0.378 e. The Kier molecular flexibility index (Phi) is 3.30. The van der Waals surface area contributed by atoms with Crippen LogP contribution >= 0.6 is 0 Å². The van der Waals surface area contributed by atoms with E-state index < -0.39 is 6.17 Å². The molecule has 1 rings (SSSR count). The van der Waals surface area contributed by atoms with E-state index in [0.717, 1.165) is 13.0 Å². The molecule has 0 aromatic heterocycles. The van der Waals surface area contributed by atoms with Crippen molar-refractivity contribution in [2.45, 2.75) is 45.0 Å². The second-order valence-electron chi connectivity index (χ2n) is 4.70. The third-order valence-corrected chi connectivity index (χ3v) is 2.73. The van der Waals surface area contributed by atoms with E-state index in [-0.39, 0.29) is 11.6 Å². The summed E-state index contributed by atoms with van der Waals surface area (Å²) in [7, 11) is 1.59. The molecule has 0 aromatic rings. The highest BCUT2D eigenvalue weighted by molar-refractivity contribution is 4.87. The smallest absolute Gasteiger partial charge is 0.139 e. The zero-order valence-corrected chi connectivity index (χ0v) is 9.01. The molecule has 1 heterocycles. The Morgan fingerprint density at radius 1 is 1.38 bits per heavy atom. The van der Waals surface area contributed by atoms with Gasteiger partial charge in [0.05, 0.1) is 6.10 Å². The minimum atomic E-state index is -0.835. The van der Waals surface area contributed by atoms with Gasteiger partial charge in [0, 0.05) is 25.7 Å². The molecule has 0 amide bonds. The number of hydrogen-bond acceptors (Lipinski definition) is 2. The Bertz CT molecular complexity index is 167. The van der Waals surface area contributed by atoms with Crippen LogP contribution in [0.25, 0.3) is 0 Å². The zero-order chi connectivity index (χ0) is 10.1. The highest BCUT2D eigenvalue weighted by Gasteiger charge is 2.33. The summed E-state index contributed by atoms with van der Waals surface area (Å²) in [6.07, 6.45) is -0.230. The normalized spacial score (nSPS) is 32.1. The van der Waals surface area contributed by atoms with Gasteiger partial charge in [0.2, 0.25) is 0 Å². The first kappa shape index (κ1) is 10.9. The molecule has 0 spiro atoms. The number of alkyl halides is 1. The summed E-state index contributed by atoms with van der Waals surface area (Å²) in [5, 5.41) is 0. The summed E-state index contributed by atoms with van der Waals surface area (Å²) >= 11 is 0. The van der Waals surface area contributed by atoms with Crippen LogP contribution in [-0.2, 0) is 4.74 Å². The molecule has 2 unspecified atom stereocenters. The number of rotatable bonds is 1. The summed E-state index contributed by atoms with van der Waals surface area (Å²) < 4.78 is 18.5. The van der Waals surface area contributed by atoms with Gasteiger partial charge in [0.25, 0.3) is 0 Å². The average Bonchev–Trinajstić information content (AvgIpc) is 2.02. The predicted octanol–water partition coefficient (Wildman–Crippen LogP) is 1.84. The lowest BCUT2D eigenvalue weighted by atomic mass is 9.98. The lowest BCUT2D eigenvalue weighted by Gasteiger charge is -2.41. The summed E-state index contributed by atoms with van der Waals surface area (Å²) in [4.78, 5) is 2.17. The number of ether oxygens (including phenoxy) is 1. The van der Waals surface area contributed by atoms with Crippen LogP contribution in [0.4, 0.5) is 4.39 Å². The highest BCUT2D eigenvalue weighted by Crippen LogP contribution is 2.23. The molecule has 78 valence electrons. The first-order chi connectivity index (χ1) is 5.95. The van der Waals surface area contributed by atoms with Crippen LogP contribution in [0.2, 0.25) is 0 Å². The second kappa shape index (κ2) is 3.93. The standard InChI is InChI=1S/C10H20FNO/c1-10(2,3)12-6-5-9(13-4)8(11)7-12/h8-9H,5-7H2,1-4H3. The van der Waals surface area contributed by atoms with Crippen molar-refractivity contribution in [3.8, 4) is 0 Å². The van der Waals surface area contributed by atoms with E-state index in [1.54, 1.807) is 7.11 Å². The van der Waals surface area contributed by atoms with Crippen molar-refractivity contribution >= 4 is 0 Å². The summed E-state index contributed by atoms with van der Waals surface area (Å²) in [6, 6.07) is 0. The second-order valence-corrected chi connectivity index (χ2v) is 4.70. The van der Waals surface area contributed by atoms with E-state index in [9.17, 15) is 4.39 Å². The maximum atomic E-state index is 13.5. The monoisotopic (exact) mass is 189 g/mol. The molecule has 2 nitrogen and oxygen atoms in total. The van der Waals surface area contributed by atoms with E-state index in [1.165, 1.54) is 0 Å². The van der Waals surface area contributed by atoms with Crippen LogP contribution in [-0.4, -0.2) is 42.9 Å². The third kappa shape index (κ3) is 2.64. The van der Waals surface area contributed by atoms with Gasteiger partial charge in [-0.25, -0.2) is 4.39 Å². The number of hydrogen-bond donors (Lipinski definition) is 0. The summed E-state index contributed by atoms with van der Waals surface area (Å²) in [5.74, 6) is 0. The maximum absolute atomic E-state index is 13.5. The molecule has 0 bridgehead atoms. The molecule has 2 atom stereocenters. The highest BCUT2D eigenvalue weighted by atomic mass is 19.1. The van der Waals surface area contributed by atoms with Crippen molar-refractivity contribution < 1.29 is 9.13 Å². The number of likely N-dealkylation sites (tertiary alicyclic amines) is 1. The fraction of sp³-hybridized carbons (Fsp3) is 1.00. The SMILES string of the molecule is COC1CCN(C(C)(C)C)CC1F. The molecule has 13 heavy (non-hydrogen) atoms. The van der Waals surface area contributed by atoms with Gasteiger partial charge in [-0.15, -0.1) is 0 Å². The minimum absolute atomic E-state index is 0.0725. The summed E-state index contributed by atoms with van der Waals surface area (Å²) in [5.41, 5.74) is 0.0725. The number of nitrogens with zero attached hydrogens (tertiary/aromatic N) is 1. The fourth-order valence-electron chi connectivity index (χ4n) is 1.76. The van der Waals surface area contributed by atoms with Crippen molar-refractivity contribution in [1.82, 2.24) is 4.90 Å². The first-order valence-electron chi connectivity index (χ1n) is 4.87. The van der Waals surface area contributed by atoms with Crippen molar-refractivity contribution in [2.24, 2.45) is 0 Å². The Hall–Kier alpha value is -0.150. The molecule has 0 radical (unpaired) electrons. The van der Waals surface area contributed by atoms with E-state index in [2.05, 4.69) is 25.7 Å². The lowest BCUT2D eigenvalue weighted by molar-refractivity contribution is -0.0444. The molecule has 0 aliphatic carbocycles. The zero-order valence-electron chi connectivity index (χ0n) is 9.01. The van der Waals surface area contributed by atoms with E-state index in [0.29, 0.717) is 6.54 Å². The Morgan fingerprint density at radius 3 is 2.38 bits per heavy atom. The lowest BCUT2D eigenvalue weighted by Crippen LogP contribution is -2.52. The topological polar surface area (TPSA) is 12.5 Å². The van der Waals surface area contributed by atoms with E-state index >= 15 is 0 Å². The molecule has 3 heteroatoms. The van der Waals surface area contributed by atoms with Crippen molar-refractivity contribution in [1.29, 1.82) is 0 Å². The molecule has 1 saturated heterocycles. The van der Waals surface area contributed by atoms with Crippen molar-refractivity contribution in [3.63, 3.8) is 0 Å². The molecule has 1 aliphatic heterocycles. The van der Waals surface area contributed by atoms with Gasteiger partial charge < -0.3 is 4.74 Å². The van der Waals surface area contributed by atoms with Gasteiger partial charge in [-0.3, -0.25) is 4.90 Å². The van der Waals surface area contributed by atoms with Gasteiger partial charge >= 0.3 is 0 Å². The quantitative estimate of drug-likeness (QED) is 0.624. The van der Waals surface area contributed by atoms with Gasteiger partial charge in [-0.2, -0.15) is 0 Å². The van der Waals surface area contributed by atoms with Crippen molar-refractivity contribution in [2.75, 3.05) is 20.2 Å². The van der Waals surface area contributed by atoms with Crippen molar-refractivity contribution in [3.05, 3.63) is 0 Å². The Labute approximate surface area is 80.1 Å². The van der Waals surface area contributed by atoms with E-state index in [1.807, 2.05) is 0 Å². The molecule has 0 saturated carbocycles. The largest absolute Gasteiger partial charge is 0.378 e. The predicted molar refractivity (Wildman–Crippen MR) is 51.6 cm³/mol. The fourth-order valence-corrected chi connectivity index (χ4v) is 1.76. The van der Waals surface area contributed by atoms with Crippen LogP contribution < -0.4 is 0 Å². The van der Waals surface area contributed by atoms with Gasteiger partial charge in [-0.05, 0) is 27.2 Å². The maximum Gasteiger partial charge on any atom is 0.139 e. The number of halogens is 1. The van der Waals surface area contributed by atoms with Crippen LogP contribution in [0.1, 0.15) is 27.2 Å². The molecular weight excluding hydrogens is 169 g/mol. The number of piperidine rings is 1. The molecule has 0 aromatic carbocycles. The molecular formula is C10H20FNO. The molecule has 1 aliphatic rings. The summed E-state index contributed by atoms with van der Waals surface area (Å²) in [6.45, 7) is 7.79. The third-order valence-electron chi connectivity index (χ3n) is 2.73. The van der Waals surface area contributed by atoms with Crippen LogP contribution in [0, 0.1) is 0 Å². The molecule has 1 fully saturated rings. The Morgan fingerprint density at radius 2 is 2.00 bits per heavy atom. The van der Waals surface area contributed by atoms with Gasteiger partial charge in [0.15, 0.2) is 0 Å². The number of methoxy groups -OCH3 is 1. The molecule has 0 N–H and O–H groups in total.